The molecule has 5 nitrogen and oxygen atoms in total. The molecule has 2 aromatic carbocycles. The first kappa shape index (κ1) is 18.4. The lowest BCUT2D eigenvalue weighted by Gasteiger charge is -2.28. The fourth-order valence-electron chi connectivity index (χ4n) is 3.18. The predicted octanol–water partition coefficient (Wildman–Crippen LogP) is 3.77. The molecule has 1 fully saturated rings. The van der Waals surface area contributed by atoms with Gasteiger partial charge in [0.2, 0.25) is 0 Å². The van der Waals surface area contributed by atoms with Crippen LogP contribution in [-0.2, 0) is 11.2 Å². The maximum absolute atomic E-state index is 13.1. The smallest absolute Gasteiger partial charge is 0.163 e. The third-order valence-corrected chi connectivity index (χ3v) is 4.71. The largest absolute Gasteiger partial charge is 0.378 e. The van der Waals surface area contributed by atoms with Gasteiger partial charge in [0.1, 0.15) is 17.5 Å². The van der Waals surface area contributed by atoms with E-state index in [2.05, 4.69) is 10.2 Å². The number of ether oxygens (including phenoxy) is 1. The van der Waals surface area contributed by atoms with Gasteiger partial charge < -0.3 is 15.0 Å². The molecule has 144 valence electrons. The SMILES string of the molecule is Fc1ccc(CCNc2cc(N3CCOCC3)nc(-c3ccccc3)n2)cc1. The summed E-state index contributed by atoms with van der Waals surface area (Å²) < 4.78 is 18.5. The van der Waals surface area contributed by atoms with Crippen LogP contribution in [0.2, 0.25) is 0 Å². The van der Waals surface area contributed by atoms with Crippen LogP contribution >= 0.6 is 0 Å². The monoisotopic (exact) mass is 378 g/mol. The molecular formula is C22H23FN4O. The van der Waals surface area contributed by atoms with Gasteiger partial charge >= 0.3 is 0 Å². The Bertz CT molecular complexity index is 896. The average molecular weight is 378 g/mol. The van der Waals surface area contributed by atoms with E-state index < -0.39 is 0 Å². The Morgan fingerprint density at radius 2 is 1.71 bits per heavy atom. The van der Waals surface area contributed by atoms with Crippen LogP contribution in [0.15, 0.2) is 60.7 Å². The highest BCUT2D eigenvalue weighted by atomic mass is 19.1. The first-order valence-corrected chi connectivity index (χ1v) is 9.53. The van der Waals surface area contributed by atoms with Crippen molar-refractivity contribution in [1.29, 1.82) is 0 Å². The van der Waals surface area contributed by atoms with Gasteiger partial charge in [0.05, 0.1) is 13.2 Å². The number of morpholine rings is 1. The second kappa shape index (κ2) is 8.80. The van der Waals surface area contributed by atoms with E-state index in [1.54, 1.807) is 0 Å². The third kappa shape index (κ3) is 4.64. The molecular weight excluding hydrogens is 355 g/mol. The van der Waals surface area contributed by atoms with Crippen LogP contribution in [0.1, 0.15) is 5.56 Å². The number of halogens is 1. The number of aromatic nitrogens is 2. The summed E-state index contributed by atoms with van der Waals surface area (Å²) in [6.07, 6.45) is 0.790. The quantitative estimate of drug-likeness (QED) is 0.708. The molecule has 1 N–H and O–H groups in total. The van der Waals surface area contributed by atoms with Crippen molar-refractivity contribution in [3.8, 4) is 11.4 Å². The summed E-state index contributed by atoms with van der Waals surface area (Å²) in [5, 5.41) is 3.39. The number of rotatable bonds is 6. The second-order valence-corrected chi connectivity index (χ2v) is 6.70. The Balaban J connectivity index is 1.53. The first-order chi connectivity index (χ1) is 13.8. The summed E-state index contributed by atoms with van der Waals surface area (Å²) in [5.74, 6) is 2.18. The molecule has 0 bridgehead atoms. The molecule has 0 unspecified atom stereocenters. The van der Waals surface area contributed by atoms with E-state index in [4.69, 9.17) is 14.7 Å². The Morgan fingerprint density at radius 3 is 2.46 bits per heavy atom. The molecule has 0 spiro atoms. The van der Waals surface area contributed by atoms with Crippen LogP contribution in [0.4, 0.5) is 16.0 Å². The van der Waals surface area contributed by atoms with Crippen LogP contribution < -0.4 is 10.2 Å². The van der Waals surface area contributed by atoms with Gasteiger partial charge in [-0.3, -0.25) is 0 Å². The highest BCUT2D eigenvalue weighted by Crippen LogP contribution is 2.23. The van der Waals surface area contributed by atoms with E-state index in [0.29, 0.717) is 25.6 Å². The van der Waals surface area contributed by atoms with Gasteiger partial charge in [0, 0.05) is 31.3 Å². The number of nitrogens with zero attached hydrogens (tertiary/aromatic N) is 3. The molecule has 3 aromatic rings. The second-order valence-electron chi connectivity index (χ2n) is 6.70. The molecule has 2 heterocycles. The molecule has 6 heteroatoms. The average Bonchev–Trinajstić information content (AvgIpc) is 2.76. The summed E-state index contributed by atoms with van der Waals surface area (Å²) in [4.78, 5) is 11.7. The maximum atomic E-state index is 13.1. The van der Waals surface area contributed by atoms with Crippen LogP contribution in [0.25, 0.3) is 11.4 Å². The van der Waals surface area contributed by atoms with Crippen molar-refractivity contribution >= 4 is 11.6 Å². The molecule has 0 saturated carbocycles. The van der Waals surface area contributed by atoms with Gasteiger partial charge in [-0.25, -0.2) is 14.4 Å². The minimum atomic E-state index is -0.213. The zero-order valence-electron chi connectivity index (χ0n) is 15.6. The fraction of sp³-hybridized carbons (Fsp3) is 0.273. The minimum absolute atomic E-state index is 0.213. The van der Waals surface area contributed by atoms with Gasteiger partial charge in [0.15, 0.2) is 5.82 Å². The highest BCUT2D eigenvalue weighted by molar-refractivity contribution is 5.61. The standard InChI is InChI=1S/C22H23FN4O/c23-19-8-6-17(7-9-19)10-11-24-20-16-21(27-12-14-28-15-13-27)26-22(25-20)18-4-2-1-3-5-18/h1-9,16H,10-15H2,(H,24,25,26). The van der Waals surface area contributed by atoms with Crippen LogP contribution in [0, 0.1) is 5.82 Å². The van der Waals surface area contributed by atoms with Crippen molar-refractivity contribution in [2.24, 2.45) is 0 Å². The van der Waals surface area contributed by atoms with Gasteiger partial charge in [0.25, 0.3) is 0 Å². The number of nitrogens with one attached hydrogen (secondary N) is 1. The van der Waals surface area contributed by atoms with Gasteiger partial charge in [-0.2, -0.15) is 0 Å². The molecule has 28 heavy (non-hydrogen) atoms. The van der Waals surface area contributed by atoms with Crippen molar-refractivity contribution in [3.05, 3.63) is 72.0 Å². The lowest BCUT2D eigenvalue weighted by Crippen LogP contribution is -2.36. The lowest BCUT2D eigenvalue weighted by molar-refractivity contribution is 0.122. The van der Waals surface area contributed by atoms with Crippen LogP contribution in [0.3, 0.4) is 0 Å². The maximum Gasteiger partial charge on any atom is 0.163 e. The van der Waals surface area contributed by atoms with Gasteiger partial charge in [-0.1, -0.05) is 42.5 Å². The summed E-state index contributed by atoms with van der Waals surface area (Å²) >= 11 is 0. The molecule has 1 saturated heterocycles. The molecule has 4 rings (SSSR count). The number of hydrogen-bond acceptors (Lipinski definition) is 5. The van der Waals surface area contributed by atoms with Crippen LogP contribution in [0.5, 0.6) is 0 Å². The van der Waals surface area contributed by atoms with Crippen molar-refractivity contribution in [2.75, 3.05) is 43.1 Å². The normalized spacial score (nSPS) is 14.1. The van der Waals surface area contributed by atoms with Crippen molar-refractivity contribution < 1.29 is 9.13 Å². The molecule has 1 aliphatic rings. The summed E-state index contributed by atoms with van der Waals surface area (Å²) in [5.41, 5.74) is 2.07. The van der Waals surface area contributed by atoms with E-state index in [0.717, 1.165) is 42.3 Å². The Hall–Kier alpha value is -2.99. The van der Waals surface area contributed by atoms with E-state index in [1.165, 1.54) is 12.1 Å². The molecule has 1 aromatic heterocycles. The number of hydrogen-bond donors (Lipinski definition) is 1. The molecule has 0 atom stereocenters. The summed E-state index contributed by atoms with van der Waals surface area (Å²) in [7, 11) is 0. The van der Waals surface area contributed by atoms with Gasteiger partial charge in [-0.05, 0) is 24.1 Å². The van der Waals surface area contributed by atoms with E-state index >= 15 is 0 Å². The molecule has 0 radical (unpaired) electrons. The first-order valence-electron chi connectivity index (χ1n) is 9.53. The van der Waals surface area contributed by atoms with Crippen LogP contribution in [-0.4, -0.2) is 42.8 Å². The number of benzene rings is 2. The topological polar surface area (TPSA) is 50.3 Å². The van der Waals surface area contributed by atoms with E-state index in [-0.39, 0.29) is 5.82 Å². The molecule has 0 aliphatic carbocycles. The van der Waals surface area contributed by atoms with E-state index in [9.17, 15) is 4.39 Å². The zero-order chi connectivity index (χ0) is 19.2. The van der Waals surface area contributed by atoms with Crippen molar-refractivity contribution in [1.82, 2.24) is 9.97 Å². The highest BCUT2D eigenvalue weighted by Gasteiger charge is 2.15. The summed E-state index contributed by atoms with van der Waals surface area (Å²) in [6, 6.07) is 18.6. The van der Waals surface area contributed by atoms with Gasteiger partial charge in [-0.15, -0.1) is 0 Å². The zero-order valence-corrected chi connectivity index (χ0v) is 15.6. The Kier molecular flexibility index (Phi) is 5.77. The van der Waals surface area contributed by atoms with Crippen molar-refractivity contribution in [2.45, 2.75) is 6.42 Å². The van der Waals surface area contributed by atoms with Crippen molar-refractivity contribution in [3.63, 3.8) is 0 Å². The molecule has 0 amide bonds. The summed E-state index contributed by atoms with van der Waals surface area (Å²) in [6.45, 7) is 3.76. The fourth-order valence-corrected chi connectivity index (χ4v) is 3.18. The molecule has 1 aliphatic heterocycles. The Labute approximate surface area is 164 Å². The Morgan fingerprint density at radius 1 is 0.964 bits per heavy atom. The third-order valence-electron chi connectivity index (χ3n) is 4.71. The predicted molar refractivity (Wildman–Crippen MR) is 109 cm³/mol. The number of anilines is 2. The van der Waals surface area contributed by atoms with E-state index in [1.807, 2.05) is 48.5 Å². The minimum Gasteiger partial charge on any atom is -0.378 e. The lowest BCUT2D eigenvalue weighted by atomic mass is 10.1.